The minimum absolute atomic E-state index is 0.126. The lowest BCUT2D eigenvalue weighted by atomic mass is 9.99. The van der Waals surface area contributed by atoms with E-state index in [-0.39, 0.29) is 17.0 Å². The van der Waals surface area contributed by atoms with Gasteiger partial charge in [0.2, 0.25) is 0 Å². The molecule has 0 amide bonds. The Labute approximate surface area is 125 Å². The largest absolute Gasteiger partial charge is 0.364 e. The van der Waals surface area contributed by atoms with Gasteiger partial charge in [0.05, 0.1) is 10.5 Å². The molecule has 3 aromatic rings. The van der Waals surface area contributed by atoms with Crippen LogP contribution in [0.15, 0.2) is 65.4 Å². The number of hydrogen-bond donors (Lipinski definition) is 0. The summed E-state index contributed by atoms with van der Waals surface area (Å²) in [6.45, 7) is 0. The van der Waals surface area contributed by atoms with Gasteiger partial charge < -0.3 is 4.52 Å². The summed E-state index contributed by atoms with van der Waals surface area (Å²) < 4.78 is 4.73. The van der Waals surface area contributed by atoms with Crippen LogP contribution in [0, 0.1) is 10.1 Å². The van der Waals surface area contributed by atoms with Crippen molar-refractivity contribution in [3.8, 4) is 11.3 Å². The average molecular weight is 294 g/mol. The van der Waals surface area contributed by atoms with Gasteiger partial charge in [-0.3, -0.25) is 14.9 Å². The standard InChI is InChI=1S/C16H10N2O4/c19-16(11-4-2-1-3-5-11)12-6-7-15(18(20)21)13(10-12)14-8-9-22-17-14/h1-10H. The summed E-state index contributed by atoms with van der Waals surface area (Å²) in [5.41, 5.74) is 1.31. The highest BCUT2D eigenvalue weighted by Gasteiger charge is 2.20. The zero-order chi connectivity index (χ0) is 15.5. The van der Waals surface area contributed by atoms with Gasteiger partial charge in [0.25, 0.3) is 5.69 Å². The molecule has 0 aliphatic heterocycles. The minimum Gasteiger partial charge on any atom is -0.364 e. The molecule has 0 bridgehead atoms. The molecule has 0 fully saturated rings. The highest BCUT2D eigenvalue weighted by atomic mass is 16.6. The SMILES string of the molecule is O=C(c1ccccc1)c1ccc([N+](=O)[O-])c(-c2ccon2)c1. The van der Waals surface area contributed by atoms with Crippen molar-refractivity contribution >= 4 is 11.5 Å². The monoisotopic (exact) mass is 294 g/mol. The van der Waals surface area contributed by atoms with Gasteiger partial charge in [0, 0.05) is 23.3 Å². The normalized spacial score (nSPS) is 10.4. The summed E-state index contributed by atoms with van der Waals surface area (Å²) in [5, 5.41) is 14.8. The van der Waals surface area contributed by atoms with Crippen LogP contribution < -0.4 is 0 Å². The summed E-state index contributed by atoms with van der Waals surface area (Å²) in [6.07, 6.45) is 1.32. The van der Waals surface area contributed by atoms with E-state index < -0.39 is 4.92 Å². The van der Waals surface area contributed by atoms with E-state index in [0.717, 1.165) is 0 Å². The molecular weight excluding hydrogens is 284 g/mol. The first-order valence-corrected chi connectivity index (χ1v) is 6.46. The molecule has 22 heavy (non-hydrogen) atoms. The summed E-state index contributed by atoms with van der Waals surface area (Å²) in [4.78, 5) is 23.1. The lowest BCUT2D eigenvalue weighted by Gasteiger charge is -2.04. The number of aromatic nitrogens is 1. The summed E-state index contributed by atoms with van der Waals surface area (Å²) in [5.74, 6) is -0.208. The first-order chi connectivity index (χ1) is 10.7. The van der Waals surface area contributed by atoms with Crippen molar-refractivity contribution in [2.75, 3.05) is 0 Å². The molecule has 1 heterocycles. The summed E-state index contributed by atoms with van der Waals surface area (Å²) in [7, 11) is 0. The van der Waals surface area contributed by atoms with E-state index in [1.807, 2.05) is 6.07 Å². The Morgan fingerprint density at radius 1 is 1.05 bits per heavy atom. The molecule has 6 nitrogen and oxygen atoms in total. The molecule has 2 aromatic carbocycles. The van der Waals surface area contributed by atoms with Crippen molar-refractivity contribution in [3.63, 3.8) is 0 Å². The van der Waals surface area contributed by atoms with E-state index in [0.29, 0.717) is 16.8 Å². The maximum absolute atomic E-state index is 12.4. The second kappa shape index (κ2) is 5.61. The Hall–Kier alpha value is -3.28. The van der Waals surface area contributed by atoms with Gasteiger partial charge in [-0.2, -0.15) is 0 Å². The van der Waals surface area contributed by atoms with Crippen LogP contribution in [-0.2, 0) is 0 Å². The van der Waals surface area contributed by atoms with Crippen molar-refractivity contribution in [2.45, 2.75) is 0 Å². The van der Waals surface area contributed by atoms with Crippen LogP contribution in [0.4, 0.5) is 5.69 Å². The lowest BCUT2D eigenvalue weighted by molar-refractivity contribution is -0.384. The quantitative estimate of drug-likeness (QED) is 0.417. The predicted molar refractivity (Wildman–Crippen MR) is 78.5 cm³/mol. The maximum Gasteiger partial charge on any atom is 0.278 e. The first kappa shape index (κ1) is 13.7. The summed E-state index contributed by atoms with van der Waals surface area (Å²) >= 11 is 0. The fourth-order valence-corrected chi connectivity index (χ4v) is 2.15. The second-order valence-corrected chi connectivity index (χ2v) is 4.57. The molecule has 0 radical (unpaired) electrons. The molecule has 0 aliphatic rings. The molecule has 1 aromatic heterocycles. The number of nitro groups is 1. The van der Waals surface area contributed by atoms with Crippen LogP contribution in [-0.4, -0.2) is 15.9 Å². The van der Waals surface area contributed by atoms with Crippen LogP contribution in [0.1, 0.15) is 15.9 Å². The third-order valence-electron chi connectivity index (χ3n) is 3.21. The molecule has 0 saturated carbocycles. The van der Waals surface area contributed by atoms with Gasteiger partial charge in [0.15, 0.2) is 5.78 Å². The molecule has 6 heteroatoms. The Bertz CT molecular complexity index is 827. The van der Waals surface area contributed by atoms with Crippen LogP contribution >= 0.6 is 0 Å². The molecule has 0 saturated heterocycles. The highest BCUT2D eigenvalue weighted by molar-refractivity contribution is 6.09. The molecule has 3 rings (SSSR count). The van der Waals surface area contributed by atoms with Crippen molar-refractivity contribution in [1.29, 1.82) is 0 Å². The van der Waals surface area contributed by atoms with Crippen LogP contribution in [0.3, 0.4) is 0 Å². The fraction of sp³-hybridized carbons (Fsp3) is 0. The Kier molecular flexibility index (Phi) is 3.49. The zero-order valence-corrected chi connectivity index (χ0v) is 11.3. The van der Waals surface area contributed by atoms with Gasteiger partial charge >= 0.3 is 0 Å². The van der Waals surface area contributed by atoms with E-state index in [4.69, 9.17) is 4.52 Å². The van der Waals surface area contributed by atoms with Crippen molar-refractivity contribution < 1.29 is 14.2 Å². The predicted octanol–water partition coefficient (Wildman–Crippen LogP) is 3.48. The number of ketones is 1. The minimum atomic E-state index is -0.513. The van der Waals surface area contributed by atoms with Crippen LogP contribution in [0.2, 0.25) is 0 Å². The summed E-state index contributed by atoms with van der Waals surface area (Å²) in [6, 6.07) is 14.4. The molecule has 0 N–H and O–H groups in total. The van der Waals surface area contributed by atoms with Crippen molar-refractivity contribution in [1.82, 2.24) is 5.16 Å². The fourth-order valence-electron chi connectivity index (χ4n) is 2.15. The third-order valence-corrected chi connectivity index (χ3v) is 3.21. The van der Waals surface area contributed by atoms with Gasteiger partial charge in [-0.1, -0.05) is 35.5 Å². The average Bonchev–Trinajstić information content (AvgIpc) is 3.08. The van der Waals surface area contributed by atoms with Crippen LogP contribution in [0.25, 0.3) is 11.3 Å². The molecule has 0 unspecified atom stereocenters. The molecule has 108 valence electrons. The van der Waals surface area contributed by atoms with Gasteiger partial charge in [-0.15, -0.1) is 0 Å². The first-order valence-electron chi connectivity index (χ1n) is 6.46. The topological polar surface area (TPSA) is 86.2 Å². The number of carbonyl (C=O) groups is 1. The molecule has 0 spiro atoms. The van der Waals surface area contributed by atoms with Gasteiger partial charge in [0.1, 0.15) is 12.0 Å². The smallest absolute Gasteiger partial charge is 0.278 e. The number of benzene rings is 2. The van der Waals surface area contributed by atoms with E-state index >= 15 is 0 Å². The van der Waals surface area contributed by atoms with E-state index in [9.17, 15) is 14.9 Å². The second-order valence-electron chi connectivity index (χ2n) is 4.57. The van der Waals surface area contributed by atoms with Crippen molar-refractivity contribution in [3.05, 3.63) is 82.1 Å². The Morgan fingerprint density at radius 2 is 1.82 bits per heavy atom. The highest BCUT2D eigenvalue weighted by Crippen LogP contribution is 2.30. The number of hydrogen-bond acceptors (Lipinski definition) is 5. The number of carbonyl (C=O) groups excluding carboxylic acids is 1. The maximum atomic E-state index is 12.4. The van der Waals surface area contributed by atoms with Crippen molar-refractivity contribution in [2.24, 2.45) is 0 Å². The number of rotatable bonds is 4. The molecule has 0 aliphatic carbocycles. The Morgan fingerprint density at radius 3 is 2.45 bits per heavy atom. The van der Waals surface area contributed by atoms with Crippen LogP contribution in [0.5, 0.6) is 0 Å². The van der Waals surface area contributed by atoms with Gasteiger partial charge in [-0.05, 0) is 12.1 Å². The van der Waals surface area contributed by atoms with E-state index in [2.05, 4.69) is 5.16 Å². The van der Waals surface area contributed by atoms with E-state index in [1.165, 1.54) is 30.5 Å². The number of nitrogens with zero attached hydrogens (tertiary/aromatic N) is 2. The van der Waals surface area contributed by atoms with E-state index in [1.54, 1.807) is 24.3 Å². The molecular formula is C16H10N2O4. The zero-order valence-electron chi connectivity index (χ0n) is 11.3. The third kappa shape index (κ3) is 2.49. The Balaban J connectivity index is 2.10. The number of nitro benzene ring substituents is 1. The molecule has 0 atom stereocenters. The van der Waals surface area contributed by atoms with Gasteiger partial charge in [-0.25, -0.2) is 0 Å². The lowest BCUT2D eigenvalue weighted by Crippen LogP contribution is -2.02.